The highest BCUT2D eigenvalue weighted by atomic mass is 15.3. The number of hydrogen-bond donors (Lipinski definition) is 0. The zero-order valence-corrected chi connectivity index (χ0v) is 13.6. The molecule has 0 N–H and O–H groups in total. The molecule has 0 spiro atoms. The predicted molar refractivity (Wildman–Crippen MR) is 91.6 cm³/mol. The first-order valence-corrected chi connectivity index (χ1v) is 8.56. The van der Waals surface area contributed by atoms with Gasteiger partial charge in [-0.05, 0) is 36.3 Å². The quantitative estimate of drug-likeness (QED) is 0.853. The minimum atomic E-state index is 0.785. The van der Waals surface area contributed by atoms with E-state index in [1.165, 1.54) is 24.0 Å². The van der Waals surface area contributed by atoms with Crippen molar-refractivity contribution in [1.82, 2.24) is 15.2 Å². The van der Waals surface area contributed by atoms with Gasteiger partial charge >= 0.3 is 0 Å². The molecule has 1 saturated heterocycles. The Labute approximate surface area is 137 Å². The zero-order valence-electron chi connectivity index (χ0n) is 13.6. The minimum Gasteiger partial charge on any atom is -0.350 e. The Bertz CT molecular complexity index is 679. The average molecular weight is 309 g/mol. The first-order valence-electron chi connectivity index (χ1n) is 8.56. The monoisotopic (exact) mass is 309 g/mol. The maximum absolute atomic E-state index is 4.80. The smallest absolute Gasteiger partial charge is 0.247 e. The van der Waals surface area contributed by atoms with E-state index < -0.39 is 0 Å². The van der Waals surface area contributed by atoms with Crippen molar-refractivity contribution in [2.75, 3.05) is 29.4 Å². The second kappa shape index (κ2) is 6.14. The number of aromatic nitrogens is 3. The van der Waals surface area contributed by atoms with E-state index in [9.17, 15) is 0 Å². The van der Waals surface area contributed by atoms with Crippen molar-refractivity contribution in [2.45, 2.75) is 32.7 Å². The lowest BCUT2D eigenvalue weighted by Gasteiger charge is -2.32. The van der Waals surface area contributed by atoms with Gasteiger partial charge in [0.05, 0.1) is 6.20 Å². The topological polar surface area (TPSA) is 45.2 Å². The largest absolute Gasteiger partial charge is 0.350 e. The number of benzene rings is 1. The molecule has 2 aromatic rings. The van der Waals surface area contributed by atoms with Crippen molar-refractivity contribution in [1.29, 1.82) is 0 Å². The summed E-state index contributed by atoms with van der Waals surface area (Å²) in [4.78, 5) is 9.38. The highest BCUT2D eigenvalue weighted by molar-refractivity contribution is 5.45. The van der Waals surface area contributed by atoms with Gasteiger partial charge in [-0.1, -0.05) is 31.2 Å². The number of nitrogens with zero attached hydrogens (tertiary/aromatic N) is 5. The van der Waals surface area contributed by atoms with Crippen LogP contribution in [-0.2, 0) is 13.0 Å². The van der Waals surface area contributed by atoms with Crippen molar-refractivity contribution >= 4 is 11.8 Å². The fourth-order valence-corrected chi connectivity index (χ4v) is 3.47. The summed E-state index contributed by atoms with van der Waals surface area (Å²) in [6.07, 6.45) is 5.29. The lowest BCUT2D eigenvalue weighted by atomic mass is 10.00. The van der Waals surface area contributed by atoms with Crippen LogP contribution in [0.15, 0.2) is 30.5 Å². The van der Waals surface area contributed by atoms with E-state index in [-0.39, 0.29) is 0 Å². The Balaban J connectivity index is 1.53. The Morgan fingerprint density at radius 3 is 2.61 bits per heavy atom. The Morgan fingerprint density at radius 1 is 1.00 bits per heavy atom. The molecular formula is C18H23N5. The average Bonchev–Trinajstić information content (AvgIpc) is 2.62. The molecule has 120 valence electrons. The molecule has 23 heavy (non-hydrogen) atoms. The van der Waals surface area contributed by atoms with Crippen molar-refractivity contribution in [3.8, 4) is 0 Å². The van der Waals surface area contributed by atoms with Crippen molar-refractivity contribution in [2.24, 2.45) is 5.92 Å². The van der Waals surface area contributed by atoms with Crippen LogP contribution in [0.4, 0.5) is 11.8 Å². The maximum Gasteiger partial charge on any atom is 0.247 e. The molecular weight excluding hydrogens is 286 g/mol. The van der Waals surface area contributed by atoms with E-state index in [1.54, 1.807) is 6.20 Å². The SMILES string of the molecule is CC1CCN(c2nncc(N3CCc4ccccc4C3)n2)CC1. The van der Waals surface area contributed by atoms with Gasteiger partial charge in [-0.2, -0.15) is 10.1 Å². The fourth-order valence-electron chi connectivity index (χ4n) is 3.47. The Morgan fingerprint density at radius 2 is 1.78 bits per heavy atom. The molecule has 5 heteroatoms. The summed E-state index contributed by atoms with van der Waals surface area (Å²) in [5, 5.41) is 8.48. The van der Waals surface area contributed by atoms with Crippen LogP contribution in [0.25, 0.3) is 0 Å². The van der Waals surface area contributed by atoms with Gasteiger partial charge in [-0.15, -0.1) is 5.10 Å². The first-order chi connectivity index (χ1) is 11.3. The summed E-state index contributed by atoms with van der Waals surface area (Å²) in [5.41, 5.74) is 2.85. The Kier molecular flexibility index (Phi) is 3.85. The molecule has 0 bridgehead atoms. The van der Waals surface area contributed by atoms with E-state index in [0.717, 1.165) is 50.3 Å². The van der Waals surface area contributed by atoms with Crippen LogP contribution >= 0.6 is 0 Å². The summed E-state index contributed by atoms with van der Waals surface area (Å²) in [5.74, 6) is 2.54. The normalized spacial score (nSPS) is 18.8. The molecule has 0 atom stereocenters. The van der Waals surface area contributed by atoms with Gasteiger partial charge < -0.3 is 9.80 Å². The van der Waals surface area contributed by atoms with Crippen LogP contribution < -0.4 is 9.80 Å². The molecule has 0 amide bonds. The van der Waals surface area contributed by atoms with Crippen LogP contribution in [-0.4, -0.2) is 34.8 Å². The molecule has 0 radical (unpaired) electrons. The highest BCUT2D eigenvalue weighted by Crippen LogP contribution is 2.25. The second-order valence-corrected chi connectivity index (χ2v) is 6.72. The summed E-state index contributed by atoms with van der Waals surface area (Å²) in [6.45, 7) is 6.29. The van der Waals surface area contributed by atoms with Crippen LogP contribution in [0.1, 0.15) is 30.9 Å². The molecule has 1 fully saturated rings. The molecule has 4 rings (SSSR count). The van der Waals surface area contributed by atoms with Crippen LogP contribution in [0.5, 0.6) is 0 Å². The first kappa shape index (κ1) is 14.4. The van der Waals surface area contributed by atoms with Gasteiger partial charge in [0.25, 0.3) is 0 Å². The fraction of sp³-hybridized carbons (Fsp3) is 0.500. The number of rotatable bonds is 2. The molecule has 2 aliphatic rings. The Hall–Kier alpha value is -2.17. The third-order valence-electron chi connectivity index (χ3n) is 5.06. The highest BCUT2D eigenvalue weighted by Gasteiger charge is 2.21. The third-order valence-corrected chi connectivity index (χ3v) is 5.06. The van der Waals surface area contributed by atoms with Gasteiger partial charge in [0.15, 0.2) is 5.82 Å². The number of hydrogen-bond acceptors (Lipinski definition) is 5. The minimum absolute atomic E-state index is 0.785. The van der Waals surface area contributed by atoms with E-state index in [2.05, 4.69) is 51.2 Å². The van der Waals surface area contributed by atoms with Gasteiger partial charge in [0, 0.05) is 26.2 Å². The lowest BCUT2D eigenvalue weighted by Crippen LogP contribution is -2.35. The van der Waals surface area contributed by atoms with Crippen LogP contribution in [0.3, 0.4) is 0 Å². The van der Waals surface area contributed by atoms with Crippen molar-refractivity contribution < 1.29 is 0 Å². The number of piperidine rings is 1. The molecule has 0 unspecified atom stereocenters. The lowest BCUT2D eigenvalue weighted by molar-refractivity contribution is 0.433. The summed E-state index contributed by atoms with van der Waals surface area (Å²) >= 11 is 0. The zero-order chi connectivity index (χ0) is 15.6. The van der Waals surface area contributed by atoms with Gasteiger partial charge in [-0.25, -0.2) is 0 Å². The summed E-state index contributed by atoms with van der Waals surface area (Å²) in [6, 6.07) is 8.67. The van der Waals surface area contributed by atoms with Gasteiger partial charge in [-0.3, -0.25) is 0 Å². The van der Waals surface area contributed by atoms with Crippen molar-refractivity contribution in [3.63, 3.8) is 0 Å². The molecule has 1 aromatic heterocycles. The number of anilines is 2. The van der Waals surface area contributed by atoms with Crippen LogP contribution in [0.2, 0.25) is 0 Å². The van der Waals surface area contributed by atoms with E-state index in [4.69, 9.17) is 4.98 Å². The molecule has 5 nitrogen and oxygen atoms in total. The predicted octanol–water partition coefficient (Wildman–Crippen LogP) is 2.67. The molecule has 3 heterocycles. The number of fused-ring (bicyclic) bond motifs is 1. The standard InChI is InChI=1S/C18H23N5/c1-14-6-9-22(10-7-14)18-20-17(12-19-21-18)23-11-8-15-4-2-3-5-16(15)13-23/h2-5,12,14H,6-11,13H2,1H3. The second-order valence-electron chi connectivity index (χ2n) is 6.72. The molecule has 0 saturated carbocycles. The summed E-state index contributed by atoms with van der Waals surface area (Å²) < 4.78 is 0. The summed E-state index contributed by atoms with van der Waals surface area (Å²) in [7, 11) is 0. The van der Waals surface area contributed by atoms with Gasteiger partial charge in [0.2, 0.25) is 5.95 Å². The molecule has 1 aromatic carbocycles. The van der Waals surface area contributed by atoms with E-state index >= 15 is 0 Å². The molecule has 0 aliphatic carbocycles. The molecule has 2 aliphatic heterocycles. The van der Waals surface area contributed by atoms with Crippen molar-refractivity contribution in [3.05, 3.63) is 41.6 Å². The maximum atomic E-state index is 4.80. The van der Waals surface area contributed by atoms with Gasteiger partial charge in [0.1, 0.15) is 0 Å². The third kappa shape index (κ3) is 3.00. The van der Waals surface area contributed by atoms with E-state index in [0.29, 0.717) is 0 Å². The van der Waals surface area contributed by atoms with E-state index in [1.807, 2.05) is 0 Å². The van der Waals surface area contributed by atoms with Crippen LogP contribution in [0, 0.1) is 5.92 Å².